The summed E-state index contributed by atoms with van der Waals surface area (Å²) in [7, 11) is 0. The van der Waals surface area contributed by atoms with Crippen molar-refractivity contribution in [1.29, 1.82) is 5.26 Å². The number of nitrogens with zero attached hydrogens (tertiary/aromatic N) is 1. The number of carboxylic acids is 1. The van der Waals surface area contributed by atoms with E-state index in [1.807, 2.05) is 12.2 Å². The fraction of sp³-hybridized carbons (Fsp3) is 0.526. The second-order valence-corrected chi connectivity index (χ2v) is 7.93. The summed E-state index contributed by atoms with van der Waals surface area (Å²) in [6.07, 6.45) is 8.52. The average molecular weight is 358 g/mol. The largest absolute Gasteiger partial charge is 0.481 e. The maximum atomic E-state index is 12.7. The minimum atomic E-state index is -0.943. The van der Waals surface area contributed by atoms with Crippen LogP contribution >= 0.6 is 11.3 Å². The summed E-state index contributed by atoms with van der Waals surface area (Å²) in [5.41, 5.74) is 1.65. The van der Waals surface area contributed by atoms with Gasteiger partial charge in [0.15, 0.2) is 0 Å². The highest BCUT2D eigenvalue weighted by atomic mass is 32.1. The van der Waals surface area contributed by atoms with Gasteiger partial charge in [-0.1, -0.05) is 25.5 Å². The first-order valence-corrected chi connectivity index (χ1v) is 9.60. The Morgan fingerprint density at radius 1 is 1.36 bits per heavy atom. The van der Waals surface area contributed by atoms with Crippen LogP contribution in [-0.2, 0) is 22.4 Å². The SMILES string of the molecule is CC[C@H]1CCc2c(sc(NC(=O)[C@H]3CC=CC[C@@H]3C(=O)O)c2C#N)C1. The number of thiophene rings is 1. The molecule has 0 radical (unpaired) electrons. The first-order valence-electron chi connectivity index (χ1n) is 8.78. The fourth-order valence-electron chi connectivity index (χ4n) is 3.79. The fourth-order valence-corrected chi connectivity index (χ4v) is 5.11. The third kappa shape index (κ3) is 3.47. The van der Waals surface area contributed by atoms with Gasteiger partial charge in [0.25, 0.3) is 0 Å². The molecule has 0 bridgehead atoms. The molecule has 1 heterocycles. The van der Waals surface area contributed by atoms with Crippen LogP contribution in [0.5, 0.6) is 0 Å². The van der Waals surface area contributed by atoms with Crippen LogP contribution < -0.4 is 5.32 Å². The molecule has 1 aromatic rings. The summed E-state index contributed by atoms with van der Waals surface area (Å²) in [6, 6.07) is 2.24. The van der Waals surface area contributed by atoms with Gasteiger partial charge in [-0.15, -0.1) is 11.3 Å². The second kappa shape index (κ2) is 7.40. The number of nitrogens with one attached hydrogen (secondary N) is 1. The molecule has 25 heavy (non-hydrogen) atoms. The Balaban J connectivity index is 1.82. The number of amides is 1. The third-order valence-corrected chi connectivity index (χ3v) is 6.55. The highest BCUT2D eigenvalue weighted by molar-refractivity contribution is 7.16. The van der Waals surface area contributed by atoms with Crippen molar-refractivity contribution >= 4 is 28.2 Å². The van der Waals surface area contributed by atoms with Crippen LogP contribution in [0.2, 0.25) is 0 Å². The number of fused-ring (bicyclic) bond motifs is 1. The van der Waals surface area contributed by atoms with Crippen LogP contribution in [0, 0.1) is 29.1 Å². The summed E-state index contributed by atoms with van der Waals surface area (Å²) in [6.45, 7) is 2.18. The van der Waals surface area contributed by atoms with E-state index in [1.165, 1.54) is 16.2 Å². The second-order valence-electron chi connectivity index (χ2n) is 6.82. The molecule has 3 rings (SSSR count). The number of carboxylic acid groups (broad SMARTS) is 1. The normalized spacial score (nSPS) is 25.0. The molecule has 1 aromatic heterocycles. The Bertz CT molecular complexity index is 759. The minimum absolute atomic E-state index is 0.293. The van der Waals surface area contributed by atoms with Crippen molar-refractivity contribution in [2.24, 2.45) is 17.8 Å². The Morgan fingerprint density at radius 3 is 2.72 bits per heavy atom. The molecule has 0 saturated carbocycles. The van der Waals surface area contributed by atoms with Crippen molar-refractivity contribution in [2.75, 3.05) is 5.32 Å². The van der Waals surface area contributed by atoms with E-state index in [4.69, 9.17) is 0 Å². The summed E-state index contributed by atoms with van der Waals surface area (Å²) in [5, 5.41) is 22.4. The maximum Gasteiger partial charge on any atom is 0.307 e. The predicted octanol–water partition coefficient (Wildman–Crippen LogP) is 3.74. The van der Waals surface area contributed by atoms with Gasteiger partial charge in [-0.2, -0.15) is 5.26 Å². The molecular formula is C19H22N2O3S. The summed E-state index contributed by atoms with van der Waals surface area (Å²) in [5.74, 6) is -1.88. The van der Waals surface area contributed by atoms with E-state index in [-0.39, 0.29) is 5.91 Å². The van der Waals surface area contributed by atoms with Gasteiger partial charge < -0.3 is 10.4 Å². The van der Waals surface area contributed by atoms with Gasteiger partial charge in [0.1, 0.15) is 11.1 Å². The van der Waals surface area contributed by atoms with E-state index in [1.54, 1.807) is 0 Å². The third-order valence-electron chi connectivity index (χ3n) is 5.38. The zero-order chi connectivity index (χ0) is 18.0. The standard InChI is InChI=1S/C19H22N2O3S/c1-2-11-7-8-12-15(10-20)18(25-16(12)9-11)21-17(22)13-5-3-4-6-14(13)19(23)24/h3-4,11,13-14H,2,5-9H2,1H3,(H,21,22)(H,23,24)/t11-,13-,14-/m0/s1. The van der Waals surface area contributed by atoms with Crippen LogP contribution in [0.3, 0.4) is 0 Å². The molecule has 132 valence electrons. The van der Waals surface area contributed by atoms with Gasteiger partial charge in [0.05, 0.1) is 17.4 Å². The van der Waals surface area contributed by atoms with Crippen molar-refractivity contribution in [2.45, 2.75) is 45.4 Å². The number of carbonyl (C=O) groups excluding carboxylic acids is 1. The van der Waals surface area contributed by atoms with E-state index >= 15 is 0 Å². The highest BCUT2D eigenvalue weighted by Gasteiger charge is 2.35. The summed E-state index contributed by atoms with van der Waals surface area (Å²) >= 11 is 1.49. The molecule has 0 aromatic carbocycles. The number of hydrogen-bond acceptors (Lipinski definition) is 4. The van der Waals surface area contributed by atoms with Crippen LogP contribution in [-0.4, -0.2) is 17.0 Å². The van der Waals surface area contributed by atoms with Gasteiger partial charge in [0.2, 0.25) is 5.91 Å². The Hall–Kier alpha value is -2.13. The monoisotopic (exact) mass is 358 g/mol. The lowest BCUT2D eigenvalue weighted by atomic mass is 9.82. The lowest BCUT2D eigenvalue weighted by Gasteiger charge is -2.23. The molecule has 2 N–H and O–H groups in total. The average Bonchev–Trinajstić information content (AvgIpc) is 2.97. The molecule has 2 aliphatic rings. The van der Waals surface area contributed by atoms with Gasteiger partial charge in [-0.25, -0.2) is 0 Å². The molecule has 0 unspecified atom stereocenters. The number of nitriles is 1. The molecule has 1 amide bonds. The van der Waals surface area contributed by atoms with Gasteiger partial charge in [-0.05, 0) is 43.6 Å². The molecule has 2 aliphatic carbocycles. The molecule has 0 spiro atoms. The number of aliphatic carboxylic acids is 1. The van der Waals surface area contributed by atoms with Gasteiger partial charge in [0, 0.05) is 4.88 Å². The molecular weight excluding hydrogens is 336 g/mol. The topological polar surface area (TPSA) is 90.2 Å². The Morgan fingerprint density at radius 2 is 2.08 bits per heavy atom. The lowest BCUT2D eigenvalue weighted by Crippen LogP contribution is -2.34. The maximum absolute atomic E-state index is 12.7. The highest BCUT2D eigenvalue weighted by Crippen LogP contribution is 2.40. The lowest BCUT2D eigenvalue weighted by molar-refractivity contribution is -0.146. The van der Waals surface area contributed by atoms with Crippen LogP contribution in [0.1, 0.15) is 48.6 Å². The van der Waals surface area contributed by atoms with Crippen molar-refractivity contribution in [3.63, 3.8) is 0 Å². The smallest absolute Gasteiger partial charge is 0.307 e. The van der Waals surface area contributed by atoms with Gasteiger partial charge in [-0.3, -0.25) is 9.59 Å². The quantitative estimate of drug-likeness (QED) is 0.802. The number of anilines is 1. The van der Waals surface area contributed by atoms with E-state index in [9.17, 15) is 20.0 Å². The van der Waals surface area contributed by atoms with E-state index in [0.29, 0.717) is 29.3 Å². The van der Waals surface area contributed by atoms with Gasteiger partial charge >= 0.3 is 5.97 Å². The number of rotatable bonds is 4. The molecule has 0 saturated heterocycles. The van der Waals surface area contributed by atoms with Crippen LogP contribution in [0.4, 0.5) is 5.00 Å². The number of allylic oxidation sites excluding steroid dienone is 2. The van der Waals surface area contributed by atoms with Crippen molar-refractivity contribution in [1.82, 2.24) is 0 Å². The first kappa shape index (κ1) is 17.7. The summed E-state index contributed by atoms with van der Waals surface area (Å²) < 4.78 is 0. The van der Waals surface area contributed by atoms with Crippen molar-refractivity contribution in [3.05, 3.63) is 28.2 Å². The Kier molecular flexibility index (Phi) is 5.24. The molecule has 6 heteroatoms. The van der Waals surface area contributed by atoms with E-state index in [2.05, 4.69) is 18.3 Å². The van der Waals surface area contributed by atoms with Crippen molar-refractivity contribution < 1.29 is 14.7 Å². The van der Waals surface area contributed by atoms with E-state index in [0.717, 1.165) is 31.2 Å². The predicted molar refractivity (Wildman–Crippen MR) is 96.5 cm³/mol. The zero-order valence-corrected chi connectivity index (χ0v) is 15.1. The van der Waals surface area contributed by atoms with E-state index < -0.39 is 17.8 Å². The number of hydrogen-bond donors (Lipinski definition) is 2. The van der Waals surface area contributed by atoms with Crippen LogP contribution in [0.25, 0.3) is 0 Å². The molecule has 0 fully saturated rings. The minimum Gasteiger partial charge on any atom is -0.481 e. The summed E-state index contributed by atoms with van der Waals surface area (Å²) in [4.78, 5) is 25.3. The Labute approximate surface area is 151 Å². The van der Waals surface area contributed by atoms with Crippen molar-refractivity contribution in [3.8, 4) is 6.07 Å². The molecule has 0 aliphatic heterocycles. The molecule has 5 nitrogen and oxygen atoms in total. The number of carbonyl (C=O) groups is 2. The molecule has 3 atom stereocenters. The first-order chi connectivity index (χ1) is 12.0. The zero-order valence-electron chi connectivity index (χ0n) is 14.2. The van der Waals surface area contributed by atoms with Crippen LogP contribution in [0.15, 0.2) is 12.2 Å².